The van der Waals surface area contributed by atoms with Gasteiger partial charge in [-0.05, 0) is 51.0 Å². The Morgan fingerprint density at radius 2 is 1.03 bits per heavy atom. The number of nitrogens with zero attached hydrogens (tertiary/aromatic N) is 2. The van der Waals surface area contributed by atoms with E-state index in [1.54, 1.807) is 48.5 Å². The van der Waals surface area contributed by atoms with E-state index in [4.69, 9.17) is 0 Å². The molecule has 0 aromatic heterocycles. The highest BCUT2D eigenvalue weighted by Crippen LogP contribution is 2.39. The van der Waals surface area contributed by atoms with Crippen LogP contribution in [0.15, 0.2) is 69.7 Å². The van der Waals surface area contributed by atoms with Crippen LogP contribution < -0.4 is 0 Å². The zero-order valence-electron chi connectivity index (χ0n) is 16.5. The first-order chi connectivity index (χ1) is 13.7. The lowest BCUT2D eigenvalue weighted by molar-refractivity contribution is 0.425. The van der Waals surface area contributed by atoms with Gasteiger partial charge >= 0.3 is 0 Å². The summed E-state index contributed by atoms with van der Waals surface area (Å²) in [5, 5.41) is 0. The van der Waals surface area contributed by atoms with E-state index in [1.165, 1.54) is 8.61 Å². The first-order valence-electron chi connectivity index (χ1n) is 9.62. The van der Waals surface area contributed by atoms with Crippen molar-refractivity contribution in [2.24, 2.45) is 0 Å². The van der Waals surface area contributed by atoms with Gasteiger partial charge in [-0.25, -0.2) is 16.8 Å². The molecular weight excluding hydrogens is 408 g/mol. The summed E-state index contributed by atoms with van der Waals surface area (Å²) in [4.78, 5) is 0.465. The van der Waals surface area contributed by atoms with Gasteiger partial charge in [0, 0.05) is 25.2 Å². The molecule has 0 aliphatic carbocycles. The smallest absolute Gasteiger partial charge is 0.264 e. The van der Waals surface area contributed by atoms with Crippen molar-refractivity contribution < 1.29 is 16.8 Å². The quantitative estimate of drug-likeness (QED) is 0.742. The van der Waals surface area contributed by atoms with Crippen molar-refractivity contribution >= 4 is 20.0 Å². The lowest BCUT2D eigenvalue weighted by atomic mass is 10.1. The van der Waals surface area contributed by atoms with Crippen molar-refractivity contribution in [3.8, 4) is 0 Å². The average molecular weight is 433 g/mol. The van der Waals surface area contributed by atoms with Crippen LogP contribution in [0.4, 0.5) is 0 Å². The standard InChI is InChI=1S/C21H24N2O4S2/c1-16-5-9-18(10-6-16)28(24,25)22-14-3-4-20-21(22)13-15-23(20)29(26,27)19-11-7-17(2)8-12-19/h5-12H,3-4,13-15H2,1-2H3. The first kappa shape index (κ1) is 20.0. The molecule has 154 valence electrons. The third-order valence-electron chi connectivity index (χ3n) is 5.48. The minimum atomic E-state index is -3.72. The second-order valence-electron chi connectivity index (χ2n) is 7.53. The Morgan fingerprint density at radius 3 is 1.52 bits per heavy atom. The Morgan fingerprint density at radius 1 is 0.621 bits per heavy atom. The molecule has 2 aliphatic rings. The molecule has 0 radical (unpaired) electrons. The van der Waals surface area contributed by atoms with Gasteiger partial charge in [-0.15, -0.1) is 0 Å². The summed E-state index contributed by atoms with van der Waals surface area (Å²) in [6, 6.07) is 13.5. The fraction of sp³-hybridized carbons (Fsp3) is 0.333. The van der Waals surface area contributed by atoms with E-state index in [1.807, 2.05) is 13.8 Å². The maximum atomic E-state index is 13.2. The van der Waals surface area contributed by atoms with Crippen LogP contribution in [0.2, 0.25) is 0 Å². The van der Waals surface area contributed by atoms with Gasteiger partial charge in [-0.3, -0.25) is 8.61 Å². The van der Waals surface area contributed by atoms with Crippen molar-refractivity contribution in [2.45, 2.75) is 42.9 Å². The van der Waals surface area contributed by atoms with Crippen LogP contribution >= 0.6 is 0 Å². The van der Waals surface area contributed by atoms with E-state index in [9.17, 15) is 16.8 Å². The molecule has 0 atom stereocenters. The van der Waals surface area contributed by atoms with Crippen molar-refractivity contribution in [1.29, 1.82) is 0 Å². The topological polar surface area (TPSA) is 74.8 Å². The number of allylic oxidation sites excluding steroid dienone is 1. The van der Waals surface area contributed by atoms with E-state index in [2.05, 4.69) is 0 Å². The van der Waals surface area contributed by atoms with Gasteiger partial charge in [0.1, 0.15) is 0 Å². The highest BCUT2D eigenvalue weighted by Gasteiger charge is 2.40. The molecule has 0 spiro atoms. The Labute approximate surface area is 172 Å². The predicted molar refractivity (Wildman–Crippen MR) is 111 cm³/mol. The molecule has 0 unspecified atom stereocenters. The van der Waals surface area contributed by atoms with E-state index in [0.29, 0.717) is 37.2 Å². The summed E-state index contributed by atoms with van der Waals surface area (Å²) in [7, 11) is -7.43. The molecule has 0 saturated carbocycles. The highest BCUT2D eigenvalue weighted by atomic mass is 32.2. The lowest BCUT2D eigenvalue weighted by Crippen LogP contribution is -2.35. The van der Waals surface area contributed by atoms with Gasteiger partial charge in [-0.1, -0.05) is 35.4 Å². The van der Waals surface area contributed by atoms with Gasteiger partial charge in [0.2, 0.25) is 0 Å². The molecule has 2 aliphatic heterocycles. The van der Waals surface area contributed by atoms with Gasteiger partial charge in [0.05, 0.1) is 15.5 Å². The van der Waals surface area contributed by atoms with Crippen LogP contribution in [-0.4, -0.2) is 38.5 Å². The summed E-state index contributed by atoms with van der Waals surface area (Å²) in [6.07, 6.45) is 1.54. The van der Waals surface area contributed by atoms with Gasteiger partial charge in [0.15, 0.2) is 0 Å². The molecular formula is C21H24N2O4S2. The number of rotatable bonds is 4. The molecule has 29 heavy (non-hydrogen) atoms. The number of sulfonamides is 2. The number of hydrogen-bond donors (Lipinski definition) is 0. The van der Waals surface area contributed by atoms with Crippen molar-refractivity contribution in [2.75, 3.05) is 13.1 Å². The minimum absolute atomic E-state index is 0.232. The number of hydrogen-bond acceptors (Lipinski definition) is 4. The monoisotopic (exact) mass is 432 g/mol. The molecule has 0 fully saturated rings. The molecule has 0 amide bonds. The molecule has 2 aromatic rings. The predicted octanol–water partition coefficient (Wildman–Crippen LogP) is 3.39. The normalized spacial score (nSPS) is 17.6. The Kier molecular flexibility index (Phi) is 4.94. The van der Waals surface area contributed by atoms with Gasteiger partial charge in [-0.2, -0.15) is 0 Å². The Balaban J connectivity index is 1.72. The fourth-order valence-corrected chi connectivity index (χ4v) is 7.04. The van der Waals surface area contributed by atoms with E-state index < -0.39 is 20.0 Å². The summed E-state index contributed by atoms with van der Waals surface area (Å²) in [5.74, 6) is 0. The molecule has 0 N–H and O–H groups in total. The Hall–Kier alpha value is -2.32. The van der Waals surface area contributed by atoms with E-state index in [-0.39, 0.29) is 16.3 Å². The van der Waals surface area contributed by atoms with Crippen molar-refractivity contribution in [3.63, 3.8) is 0 Å². The van der Waals surface area contributed by atoms with E-state index >= 15 is 0 Å². The first-order valence-corrected chi connectivity index (χ1v) is 12.5. The Bertz CT molecular complexity index is 1170. The largest absolute Gasteiger partial charge is 0.268 e. The van der Waals surface area contributed by atoms with Crippen molar-refractivity contribution in [3.05, 3.63) is 71.1 Å². The number of aryl methyl sites for hydroxylation is 2. The third kappa shape index (κ3) is 3.44. The van der Waals surface area contributed by atoms with Gasteiger partial charge < -0.3 is 0 Å². The molecule has 8 heteroatoms. The maximum absolute atomic E-state index is 13.2. The van der Waals surface area contributed by atoms with E-state index in [0.717, 1.165) is 11.1 Å². The van der Waals surface area contributed by atoms with Crippen LogP contribution in [0.5, 0.6) is 0 Å². The zero-order chi connectivity index (χ0) is 20.8. The van der Waals surface area contributed by atoms with Crippen LogP contribution in [0.1, 0.15) is 30.4 Å². The maximum Gasteiger partial charge on any atom is 0.264 e. The highest BCUT2D eigenvalue weighted by molar-refractivity contribution is 7.89. The fourth-order valence-electron chi connectivity index (χ4n) is 3.90. The van der Waals surface area contributed by atoms with Crippen molar-refractivity contribution in [1.82, 2.24) is 8.61 Å². The molecule has 4 rings (SSSR count). The third-order valence-corrected chi connectivity index (χ3v) is 9.18. The second kappa shape index (κ2) is 7.18. The summed E-state index contributed by atoms with van der Waals surface area (Å²) >= 11 is 0. The minimum Gasteiger partial charge on any atom is -0.268 e. The van der Waals surface area contributed by atoms with Crippen LogP contribution in [0, 0.1) is 13.8 Å². The molecule has 0 bridgehead atoms. The summed E-state index contributed by atoms with van der Waals surface area (Å²) < 4.78 is 55.6. The van der Waals surface area contributed by atoms with Gasteiger partial charge in [0.25, 0.3) is 20.0 Å². The second-order valence-corrected chi connectivity index (χ2v) is 11.3. The average Bonchev–Trinajstić information content (AvgIpc) is 3.13. The molecule has 6 nitrogen and oxygen atoms in total. The summed E-state index contributed by atoms with van der Waals surface area (Å²) in [6.45, 7) is 4.44. The van der Waals surface area contributed by atoms with Crippen LogP contribution in [0.25, 0.3) is 0 Å². The number of benzene rings is 2. The lowest BCUT2D eigenvalue weighted by Gasteiger charge is -2.31. The molecule has 0 saturated heterocycles. The molecule has 2 aromatic carbocycles. The van der Waals surface area contributed by atoms with Crippen LogP contribution in [0.3, 0.4) is 0 Å². The van der Waals surface area contributed by atoms with Crippen LogP contribution in [-0.2, 0) is 20.0 Å². The summed E-state index contributed by atoms with van der Waals surface area (Å²) in [5.41, 5.74) is 3.18. The SMILES string of the molecule is Cc1ccc(S(=O)(=O)N2CCCC3=C2CCN3S(=O)(=O)c2ccc(C)cc2)cc1. The molecule has 2 heterocycles. The zero-order valence-corrected chi connectivity index (χ0v) is 18.1.